The lowest BCUT2D eigenvalue weighted by molar-refractivity contribution is 0.0940. The van der Waals surface area contributed by atoms with Gasteiger partial charge in [0, 0.05) is 17.2 Å². The fraction of sp³-hybridized carbons (Fsp3) is 0.412. The number of amides is 1. The number of nitrogens with zero attached hydrogens (tertiary/aromatic N) is 2. The Morgan fingerprint density at radius 1 is 1.36 bits per heavy atom. The molecule has 25 heavy (non-hydrogen) atoms. The summed E-state index contributed by atoms with van der Waals surface area (Å²) < 4.78 is 8.47. The summed E-state index contributed by atoms with van der Waals surface area (Å²) in [5.74, 6) is 0.610. The molecule has 1 aliphatic rings. The second kappa shape index (κ2) is 9.79. The van der Waals surface area contributed by atoms with Crippen LogP contribution in [0.4, 0.5) is 0 Å². The number of ether oxygens (including phenoxy) is 1. The number of halogens is 2. The summed E-state index contributed by atoms with van der Waals surface area (Å²) in [6, 6.07) is 9.69. The van der Waals surface area contributed by atoms with Gasteiger partial charge in [-0.3, -0.25) is 9.48 Å². The lowest BCUT2D eigenvalue weighted by Gasteiger charge is -2.22. The Balaban J connectivity index is 0.00000225. The van der Waals surface area contributed by atoms with Gasteiger partial charge in [0.15, 0.2) is 0 Å². The first kappa shape index (κ1) is 19.8. The molecule has 8 heteroatoms. The van der Waals surface area contributed by atoms with E-state index in [0.717, 1.165) is 36.2 Å². The molecule has 1 amide bonds. The third-order valence-corrected chi connectivity index (χ3v) is 4.48. The van der Waals surface area contributed by atoms with Crippen molar-refractivity contribution in [1.82, 2.24) is 20.4 Å². The average Bonchev–Trinajstić information content (AvgIpc) is 3.11. The Kier molecular flexibility index (Phi) is 7.74. The number of carbonyl (C=O) groups excluding carboxylic acids is 1. The van der Waals surface area contributed by atoms with Crippen LogP contribution in [0.15, 0.2) is 41.0 Å². The van der Waals surface area contributed by atoms with E-state index in [2.05, 4.69) is 31.7 Å². The van der Waals surface area contributed by atoms with Gasteiger partial charge in [-0.2, -0.15) is 5.10 Å². The van der Waals surface area contributed by atoms with Crippen molar-refractivity contribution in [2.75, 3.05) is 26.2 Å². The largest absolute Gasteiger partial charge is 0.492 e. The SMILES string of the molecule is Cl.O=C(NCCOc1ccc(Br)cc1)c1ccn(C2CCCNC2)n1. The molecule has 1 aliphatic heterocycles. The zero-order valence-electron chi connectivity index (χ0n) is 13.8. The average molecular weight is 430 g/mol. The van der Waals surface area contributed by atoms with Gasteiger partial charge in [0.2, 0.25) is 0 Å². The third kappa shape index (κ3) is 5.73. The van der Waals surface area contributed by atoms with E-state index in [0.29, 0.717) is 24.9 Å². The molecule has 136 valence electrons. The molecule has 2 N–H and O–H groups in total. The maximum absolute atomic E-state index is 12.1. The van der Waals surface area contributed by atoms with Crippen molar-refractivity contribution in [2.24, 2.45) is 0 Å². The number of hydrogen-bond acceptors (Lipinski definition) is 4. The van der Waals surface area contributed by atoms with Crippen molar-refractivity contribution in [2.45, 2.75) is 18.9 Å². The van der Waals surface area contributed by atoms with Crippen LogP contribution in [0.3, 0.4) is 0 Å². The van der Waals surface area contributed by atoms with Crippen molar-refractivity contribution in [3.8, 4) is 5.75 Å². The van der Waals surface area contributed by atoms with Gasteiger partial charge in [-0.25, -0.2) is 0 Å². The summed E-state index contributed by atoms with van der Waals surface area (Å²) >= 11 is 3.38. The summed E-state index contributed by atoms with van der Waals surface area (Å²) in [5, 5.41) is 10.6. The molecule has 0 spiro atoms. The van der Waals surface area contributed by atoms with Crippen LogP contribution in [0.1, 0.15) is 29.4 Å². The molecular weight excluding hydrogens is 408 g/mol. The van der Waals surface area contributed by atoms with Gasteiger partial charge in [-0.05, 0) is 49.7 Å². The van der Waals surface area contributed by atoms with E-state index in [1.165, 1.54) is 0 Å². The quantitative estimate of drug-likeness (QED) is 0.693. The molecule has 0 saturated carbocycles. The van der Waals surface area contributed by atoms with Gasteiger partial charge in [-0.1, -0.05) is 15.9 Å². The number of nitrogens with one attached hydrogen (secondary N) is 2. The fourth-order valence-electron chi connectivity index (χ4n) is 2.68. The third-order valence-electron chi connectivity index (χ3n) is 3.96. The first-order valence-corrected chi connectivity index (χ1v) is 8.94. The van der Waals surface area contributed by atoms with Gasteiger partial charge in [0.1, 0.15) is 18.1 Å². The summed E-state index contributed by atoms with van der Waals surface area (Å²) in [6.07, 6.45) is 4.11. The maximum atomic E-state index is 12.1. The van der Waals surface area contributed by atoms with Crippen molar-refractivity contribution in [3.05, 3.63) is 46.7 Å². The number of hydrogen-bond donors (Lipinski definition) is 2. The van der Waals surface area contributed by atoms with E-state index >= 15 is 0 Å². The zero-order chi connectivity index (χ0) is 16.8. The summed E-state index contributed by atoms with van der Waals surface area (Å²) in [6.45, 7) is 2.82. The second-order valence-corrected chi connectivity index (χ2v) is 6.66. The van der Waals surface area contributed by atoms with E-state index in [4.69, 9.17) is 4.74 Å². The predicted molar refractivity (Wildman–Crippen MR) is 103 cm³/mol. The van der Waals surface area contributed by atoms with Crippen molar-refractivity contribution in [3.63, 3.8) is 0 Å². The lowest BCUT2D eigenvalue weighted by Crippen LogP contribution is -2.32. The van der Waals surface area contributed by atoms with Gasteiger partial charge < -0.3 is 15.4 Å². The molecule has 0 radical (unpaired) electrons. The monoisotopic (exact) mass is 428 g/mol. The topological polar surface area (TPSA) is 68.2 Å². The van der Waals surface area contributed by atoms with Crippen LogP contribution in [0.25, 0.3) is 0 Å². The molecular formula is C17H22BrClN4O2. The Morgan fingerprint density at radius 2 is 2.16 bits per heavy atom. The molecule has 1 saturated heterocycles. The van der Waals surface area contributed by atoms with Crippen LogP contribution in [0, 0.1) is 0 Å². The second-order valence-electron chi connectivity index (χ2n) is 5.74. The van der Waals surface area contributed by atoms with E-state index in [9.17, 15) is 4.79 Å². The smallest absolute Gasteiger partial charge is 0.271 e. The molecule has 3 rings (SSSR count). The maximum Gasteiger partial charge on any atom is 0.271 e. The molecule has 2 heterocycles. The van der Waals surface area contributed by atoms with E-state index < -0.39 is 0 Å². The van der Waals surface area contributed by atoms with Gasteiger partial charge in [-0.15, -0.1) is 12.4 Å². The van der Waals surface area contributed by atoms with Gasteiger partial charge >= 0.3 is 0 Å². The van der Waals surface area contributed by atoms with E-state index in [1.54, 1.807) is 6.07 Å². The van der Waals surface area contributed by atoms with Crippen molar-refractivity contribution in [1.29, 1.82) is 0 Å². The number of benzene rings is 1. The normalized spacial score (nSPS) is 16.8. The minimum absolute atomic E-state index is 0. The molecule has 6 nitrogen and oxygen atoms in total. The highest BCUT2D eigenvalue weighted by molar-refractivity contribution is 9.10. The van der Waals surface area contributed by atoms with E-state index in [1.807, 2.05) is 35.1 Å². The summed E-state index contributed by atoms with van der Waals surface area (Å²) in [7, 11) is 0. The molecule has 1 aromatic heterocycles. The van der Waals surface area contributed by atoms with Gasteiger partial charge in [0.25, 0.3) is 5.91 Å². The highest BCUT2D eigenvalue weighted by atomic mass is 79.9. The van der Waals surface area contributed by atoms with Crippen LogP contribution in [0.5, 0.6) is 5.75 Å². The first-order valence-electron chi connectivity index (χ1n) is 8.15. The fourth-order valence-corrected chi connectivity index (χ4v) is 2.94. The molecule has 0 aliphatic carbocycles. The highest BCUT2D eigenvalue weighted by Gasteiger charge is 2.17. The molecule has 1 fully saturated rings. The van der Waals surface area contributed by atoms with Crippen LogP contribution >= 0.6 is 28.3 Å². The van der Waals surface area contributed by atoms with Crippen LogP contribution < -0.4 is 15.4 Å². The van der Waals surface area contributed by atoms with Crippen LogP contribution in [-0.2, 0) is 0 Å². The van der Waals surface area contributed by atoms with Crippen LogP contribution in [0.2, 0.25) is 0 Å². The van der Waals surface area contributed by atoms with Crippen LogP contribution in [-0.4, -0.2) is 41.9 Å². The number of aromatic nitrogens is 2. The predicted octanol–water partition coefficient (Wildman–Crippen LogP) is 2.80. The molecule has 2 aromatic rings. The minimum atomic E-state index is -0.170. The Labute approximate surface area is 161 Å². The minimum Gasteiger partial charge on any atom is -0.492 e. The zero-order valence-corrected chi connectivity index (χ0v) is 16.2. The lowest BCUT2D eigenvalue weighted by atomic mass is 10.1. The molecule has 1 aromatic carbocycles. The Bertz CT molecular complexity index is 672. The molecule has 1 unspecified atom stereocenters. The molecule has 0 bridgehead atoms. The summed E-state index contributed by atoms with van der Waals surface area (Å²) in [4.78, 5) is 12.1. The number of rotatable bonds is 6. The Morgan fingerprint density at radius 3 is 2.88 bits per heavy atom. The van der Waals surface area contributed by atoms with Crippen molar-refractivity contribution >= 4 is 34.2 Å². The van der Waals surface area contributed by atoms with Crippen molar-refractivity contribution < 1.29 is 9.53 Å². The standard InChI is InChI=1S/C17H21BrN4O2.ClH/c18-13-3-5-15(6-4-13)24-11-9-20-17(23)16-7-10-22(21-16)14-2-1-8-19-12-14;/h3-7,10,14,19H,1-2,8-9,11-12H2,(H,20,23);1H. The molecule has 1 atom stereocenters. The highest BCUT2D eigenvalue weighted by Crippen LogP contribution is 2.16. The summed E-state index contributed by atoms with van der Waals surface area (Å²) in [5.41, 5.74) is 0.448. The number of piperidine rings is 1. The van der Waals surface area contributed by atoms with E-state index in [-0.39, 0.29) is 18.3 Å². The Hall–Kier alpha value is -1.57. The first-order chi connectivity index (χ1) is 11.7. The van der Waals surface area contributed by atoms with Gasteiger partial charge in [0.05, 0.1) is 12.6 Å². The number of carbonyl (C=O) groups is 1.